The third-order valence-electron chi connectivity index (χ3n) is 1.94. The highest BCUT2D eigenvalue weighted by molar-refractivity contribution is 7.07. The fourth-order valence-electron chi connectivity index (χ4n) is 1.16. The minimum atomic E-state index is -0.501. The summed E-state index contributed by atoms with van der Waals surface area (Å²) < 4.78 is 4.66. The molecular weight excluding hydrogens is 214 g/mol. The van der Waals surface area contributed by atoms with E-state index < -0.39 is 6.10 Å². The van der Waals surface area contributed by atoms with Gasteiger partial charge in [-0.1, -0.05) is 0 Å². The van der Waals surface area contributed by atoms with E-state index in [1.165, 1.54) is 7.11 Å². The molecule has 0 radical (unpaired) electrons. The van der Waals surface area contributed by atoms with Crippen molar-refractivity contribution in [1.29, 1.82) is 0 Å². The SMILES string of the molecule is COCC(=O)NCCC(O)c1ccsc1. The lowest BCUT2D eigenvalue weighted by Gasteiger charge is -2.09. The summed E-state index contributed by atoms with van der Waals surface area (Å²) in [6.45, 7) is 0.522. The lowest BCUT2D eigenvalue weighted by atomic mass is 10.1. The maximum absolute atomic E-state index is 11.0. The fourth-order valence-corrected chi connectivity index (χ4v) is 1.87. The maximum Gasteiger partial charge on any atom is 0.245 e. The van der Waals surface area contributed by atoms with Gasteiger partial charge in [0.25, 0.3) is 0 Å². The quantitative estimate of drug-likeness (QED) is 0.763. The molecule has 0 bridgehead atoms. The molecule has 0 aromatic carbocycles. The first-order valence-electron chi connectivity index (χ1n) is 4.70. The second-order valence-electron chi connectivity index (χ2n) is 3.14. The second-order valence-corrected chi connectivity index (χ2v) is 3.92. The molecule has 0 saturated heterocycles. The Labute approximate surface area is 92.9 Å². The van der Waals surface area contributed by atoms with Crippen LogP contribution in [0.3, 0.4) is 0 Å². The molecule has 0 fully saturated rings. The summed E-state index contributed by atoms with van der Waals surface area (Å²) in [7, 11) is 1.47. The topological polar surface area (TPSA) is 58.6 Å². The third kappa shape index (κ3) is 4.42. The Balaban J connectivity index is 2.18. The molecular formula is C10H15NO3S. The summed E-state index contributed by atoms with van der Waals surface area (Å²) in [4.78, 5) is 11.0. The van der Waals surface area contributed by atoms with E-state index in [1.807, 2.05) is 16.8 Å². The Morgan fingerprint density at radius 3 is 3.13 bits per heavy atom. The summed E-state index contributed by atoms with van der Waals surface area (Å²) in [5, 5.41) is 16.2. The molecule has 0 spiro atoms. The van der Waals surface area contributed by atoms with E-state index in [0.29, 0.717) is 13.0 Å². The van der Waals surface area contributed by atoms with Crippen LogP contribution < -0.4 is 5.32 Å². The predicted octanol–water partition coefficient (Wildman–Crippen LogP) is 0.934. The number of carbonyl (C=O) groups is 1. The van der Waals surface area contributed by atoms with Gasteiger partial charge in [-0.3, -0.25) is 4.79 Å². The van der Waals surface area contributed by atoms with Crippen LogP contribution >= 0.6 is 11.3 Å². The number of thiophene rings is 1. The van der Waals surface area contributed by atoms with E-state index >= 15 is 0 Å². The van der Waals surface area contributed by atoms with Crippen molar-refractivity contribution in [2.45, 2.75) is 12.5 Å². The number of hydrogen-bond donors (Lipinski definition) is 2. The minimum absolute atomic E-state index is 0.0640. The number of nitrogens with one attached hydrogen (secondary N) is 1. The van der Waals surface area contributed by atoms with E-state index in [1.54, 1.807) is 11.3 Å². The normalized spacial score (nSPS) is 12.4. The summed E-state index contributed by atoms with van der Waals surface area (Å²) in [6.07, 6.45) is 0.0192. The van der Waals surface area contributed by atoms with E-state index in [9.17, 15) is 9.90 Å². The van der Waals surface area contributed by atoms with Gasteiger partial charge in [0.1, 0.15) is 6.61 Å². The van der Waals surface area contributed by atoms with Gasteiger partial charge < -0.3 is 15.2 Å². The van der Waals surface area contributed by atoms with Crippen LogP contribution in [0.15, 0.2) is 16.8 Å². The highest BCUT2D eigenvalue weighted by Crippen LogP contribution is 2.18. The van der Waals surface area contributed by atoms with E-state index in [4.69, 9.17) is 0 Å². The first-order valence-corrected chi connectivity index (χ1v) is 5.64. The maximum atomic E-state index is 11.0. The summed E-state index contributed by atoms with van der Waals surface area (Å²) >= 11 is 1.55. The molecule has 0 saturated carbocycles. The molecule has 4 nitrogen and oxygen atoms in total. The Hall–Kier alpha value is -0.910. The zero-order valence-electron chi connectivity index (χ0n) is 8.60. The summed E-state index contributed by atoms with van der Waals surface area (Å²) in [5.41, 5.74) is 0.904. The van der Waals surface area contributed by atoms with Crippen LogP contribution in [0.1, 0.15) is 18.1 Å². The lowest BCUT2D eigenvalue weighted by molar-refractivity contribution is -0.124. The van der Waals surface area contributed by atoms with Crippen molar-refractivity contribution >= 4 is 17.2 Å². The Morgan fingerprint density at radius 2 is 2.53 bits per heavy atom. The number of aliphatic hydroxyl groups is 1. The van der Waals surface area contributed by atoms with Crippen molar-refractivity contribution in [2.24, 2.45) is 0 Å². The molecule has 1 aromatic rings. The van der Waals surface area contributed by atoms with Gasteiger partial charge in [0.15, 0.2) is 0 Å². The van der Waals surface area contributed by atoms with Crippen molar-refractivity contribution < 1.29 is 14.6 Å². The standard InChI is InChI=1S/C10H15NO3S/c1-14-6-10(13)11-4-2-9(12)8-3-5-15-7-8/h3,5,7,9,12H,2,4,6H2,1H3,(H,11,13). The van der Waals surface area contributed by atoms with Gasteiger partial charge in [0, 0.05) is 13.7 Å². The van der Waals surface area contributed by atoms with Crippen LogP contribution in [0.5, 0.6) is 0 Å². The largest absolute Gasteiger partial charge is 0.388 e. The molecule has 0 aliphatic carbocycles. The van der Waals surface area contributed by atoms with Crippen molar-refractivity contribution in [2.75, 3.05) is 20.3 Å². The number of methoxy groups -OCH3 is 1. The van der Waals surface area contributed by atoms with Crippen LogP contribution in [-0.4, -0.2) is 31.3 Å². The van der Waals surface area contributed by atoms with Gasteiger partial charge in [-0.25, -0.2) is 0 Å². The first kappa shape index (κ1) is 12.2. The molecule has 1 amide bonds. The minimum Gasteiger partial charge on any atom is -0.388 e. The van der Waals surface area contributed by atoms with Crippen molar-refractivity contribution in [3.8, 4) is 0 Å². The average Bonchev–Trinajstić information content (AvgIpc) is 2.70. The Morgan fingerprint density at radius 1 is 1.73 bits per heavy atom. The van der Waals surface area contributed by atoms with Gasteiger partial charge in [0.2, 0.25) is 5.91 Å². The molecule has 1 atom stereocenters. The molecule has 1 heterocycles. The monoisotopic (exact) mass is 229 g/mol. The average molecular weight is 229 g/mol. The Bertz CT molecular complexity index is 287. The molecule has 84 valence electrons. The van der Waals surface area contributed by atoms with E-state index in [2.05, 4.69) is 10.1 Å². The highest BCUT2D eigenvalue weighted by Gasteiger charge is 2.08. The van der Waals surface area contributed by atoms with Crippen LogP contribution in [0, 0.1) is 0 Å². The number of rotatable bonds is 6. The molecule has 5 heteroatoms. The molecule has 1 aromatic heterocycles. The number of amides is 1. The zero-order chi connectivity index (χ0) is 11.1. The number of carbonyl (C=O) groups excluding carboxylic acids is 1. The fraction of sp³-hybridized carbons (Fsp3) is 0.500. The number of aliphatic hydroxyl groups excluding tert-OH is 1. The van der Waals surface area contributed by atoms with Gasteiger partial charge in [0.05, 0.1) is 6.10 Å². The molecule has 0 aliphatic rings. The van der Waals surface area contributed by atoms with Crippen LogP contribution in [0.25, 0.3) is 0 Å². The van der Waals surface area contributed by atoms with Crippen molar-refractivity contribution in [1.82, 2.24) is 5.32 Å². The van der Waals surface area contributed by atoms with Crippen molar-refractivity contribution in [3.05, 3.63) is 22.4 Å². The van der Waals surface area contributed by atoms with E-state index in [-0.39, 0.29) is 12.5 Å². The van der Waals surface area contributed by atoms with Gasteiger partial charge in [-0.2, -0.15) is 11.3 Å². The van der Waals surface area contributed by atoms with Crippen molar-refractivity contribution in [3.63, 3.8) is 0 Å². The molecule has 15 heavy (non-hydrogen) atoms. The highest BCUT2D eigenvalue weighted by atomic mass is 32.1. The second kappa shape index (κ2) is 6.55. The van der Waals surface area contributed by atoms with Crippen LogP contribution in [-0.2, 0) is 9.53 Å². The lowest BCUT2D eigenvalue weighted by Crippen LogP contribution is -2.28. The van der Waals surface area contributed by atoms with Crippen LogP contribution in [0.4, 0.5) is 0 Å². The number of hydrogen-bond acceptors (Lipinski definition) is 4. The third-order valence-corrected chi connectivity index (χ3v) is 2.64. The van der Waals surface area contributed by atoms with Gasteiger partial charge in [-0.05, 0) is 28.8 Å². The molecule has 0 aliphatic heterocycles. The molecule has 1 unspecified atom stereocenters. The first-order chi connectivity index (χ1) is 7.24. The van der Waals surface area contributed by atoms with Gasteiger partial charge in [-0.15, -0.1) is 0 Å². The smallest absolute Gasteiger partial charge is 0.245 e. The zero-order valence-corrected chi connectivity index (χ0v) is 9.42. The Kier molecular flexibility index (Phi) is 5.31. The summed E-state index contributed by atoms with van der Waals surface area (Å²) in [6, 6.07) is 1.88. The summed E-state index contributed by atoms with van der Waals surface area (Å²) in [5.74, 6) is -0.157. The molecule has 1 rings (SSSR count). The number of ether oxygens (including phenoxy) is 1. The van der Waals surface area contributed by atoms with Gasteiger partial charge >= 0.3 is 0 Å². The van der Waals surface area contributed by atoms with E-state index in [0.717, 1.165) is 5.56 Å². The predicted molar refractivity (Wildman–Crippen MR) is 58.8 cm³/mol. The van der Waals surface area contributed by atoms with Crippen LogP contribution in [0.2, 0.25) is 0 Å². The molecule has 2 N–H and O–H groups in total.